The zero-order valence-corrected chi connectivity index (χ0v) is 11.4. The Balaban J connectivity index is 2.09. The van der Waals surface area contributed by atoms with Gasteiger partial charge >= 0.3 is 5.97 Å². The number of hydrogen-bond acceptors (Lipinski definition) is 4. The molecular weight excluding hydrogens is 261 g/mol. The predicted octanol–water partition coefficient (Wildman–Crippen LogP) is 2.98. The van der Waals surface area contributed by atoms with Gasteiger partial charge in [0.25, 0.3) is 0 Å². The van der Waals surface area contributed by atoms with E-state index in [0.717, 1.165) is 0 Å². The van der Waals surface area contributed by atoms with Gasteiger partial charge in [-0.25, -0.2) is 4.39 Å². The summed E-state index contributed by atoms with van der Waals surface area (Å²) < 4.78 is 18.5. The Labute approximate surface area is 117 Å². The van der Waals surface area contributed by atoms with Crippen LogP contribution in [0.15, 0.2) is 29.4 Å². The van der Waals surface area contributed by atoms with Gasteiger partial charge in [-0.2, -0.15) is 0 Å². The molecule has 0 spiro atoms. The van der Waals surface area contributed by atoms with E-state index in [1.807, 2.05) is 0 Å². The number of hydrogen-bond donors (Lipinski definition) is 1. The molecule has 1 aromatic rings. The standard InChI is InChI=1S/C15H18FNO3/c1-20-15(18)11-8-6-10(7-9-11)14(17-19)12-4-2-3-5-13(12)16/h2-5,10-11,19H,6-9H2,1H3/b17-14+. The highest BCUT2D eigenvalue weighted by Gasteiger charge is 2.30. The fraction of sp³-hybridized carbons (Fsp3) is 0.467. The zero-order valence-electron chi connectivity index (χ0n) is 11.4. The molecule has 0 radical (unpaired) electrons. The Kier molecular flexibility index (Phi) is 4.71. The summed E-state index contributed by atoms with van der Waals surface area (Å²) >= 11 is 0. The highest BCUT2D eigenvalue weighted by Crippen LogP contribution is 2.32. The Hall–Kier alpha value is -1.91. The zero-order chi connectivity index (χ0) is 14.5. The number of benzene rings is 1. The van der Waals surface area contributed by atoms with Gasteiger partial charge in [0.05, 0.1) is 18.7 Å². The second-order valence-corrected chi connectivity index (χ2v) is 5.04. The van der Waals surface area contributed by atoms with Gasteiger partial charge in [0.15, 0.2) is 0 Å². The van der Waals surface area contributed by atoms with Crippen LogP contribution in [0.5, 0.6) is 0 Å². The number of nitrogens with zero attached hydrogens (tertiary/aromatic N) is 1. The number of halogens is 1. The lowest BCUT2D eigenvalue weighted by molar-refractivity contribution is -0.146. The molecule has 0 atom stereocenters. The summed E-state index contributed by atoms with van der Waals surface area (Å²) in [5.74, 6) is -0.721. The quantitative estimate of drug-likeness (QED) is 0.400. The molecule has 108 valence electrons. The highest BCUT2D eigenvalue weighted by atomic mass is 19.1. The van der Waals surface area contributed by atoms with Gasteiger partial charge in [-0.3, -0.25) is 4.79 Å². The number of rotatable bonds is 3. The molecule has 0 heterocycles. The topological polar surface area (TPSA) is 58.9 Å². The van der Waals surface area contributed by atoms with Crippen molar-refractivity contribution in [2.75, 3.05) is 7.11 Å². The fourth-order valence-electron chi connectivity index (χ4n) is 2.79. The average molecular weight is 279 g/mol. The molecule has 0 bridgehead atoms. The van der Waals surface area contributed by atoms with Crippen molar-refractivity contribution in [1.82, 2.24) is 0 Å². The number of carbonyl (C=O) groups is 1. The Bertz CT molecular complexity index is 508. The molecule has 1 aliphatic carbocycles. The first kappa shape index (κ1) is 14.5. The van der Waals surface area contributed by atoms with Crippen LogP contribution in [0.3, 0.4) is 0 Å². The third kappa shape index (κ3) is 2.98. The van der Waals surface area contributed by atoms with Crippen molar-refractivity contribution in [3.63, 3.8) is 0 Å². The van der Waals surface area contributed by atoms with Crippen molar-refractivity contribution in [2.45, 2.75) is 25.7 Å². The van der Waals surface area contributed by atoms with E-state index < -0.39 is 5.82 Å². The van der Waals surface area contributed by atoms with Crippen molar-refractivity contribution in [1.29, 1.82) is 0 Å². The van der Waals surface area contributed by atoms with Crippen molar-refractivity contribution in [3.8, 4) is 0 Å². The van der Waals surface area contributed by atoms with E-state index >= 15 is 0 Å². The Morgan fingerprint density at radius 2 is 1.85 bits per heavy atom. The van der Waals surface area contributed by atoms with Crippen molar-refractivity contribution >= 4 is 11.7 Å². The van der Waals surface area contributed by atoms with Crippen LogP contribution in [0.2, 0.25) is 0 Å². The largest absolute Gasteiger partial charge is 0.469 e. The molecule has 4 nitrogen and oxygen atoms in total. The summed E-state index contributed by atoms with van der Waals surface area (Å²) in [6.45, 7) is 0. The highest BCUT2D eigenvalue weighted by molar-refractivity contribution is 6.02. The third-order valence-electron chi connectivity index (χ3n) is 3.91. The van der Waals surface area contributed by atoms with Gasteiger partial charge in [-0.15, -0.1) is 0 Å². The molecule has 5 heteroatoms. The lowest BCUT2D eigenvalue weighted by Gasteiger charge is -2.27. The maximum Gasteiger partial charge on any atom is 0.308 e. The van der Waals surface area contributed by atoms with Crippen LogP contribution in [0.1, 0.15) is 31.2 Å². The molecule has 0 saturated heterocycles. The van der Waals surface area contributed by atoms with Crippen LogP contribution < -0.4 is 0 Å². The minimum atomic E-state index is -0.393. The van der Waals surface area contributed by atoms with E-state index in [9.17, 15) is 14.4 Å². The smallest absolute Gasteiger partial charge is 0.308 e. The average Bonchev–Trinajstić information content (AvgIpc) is 2.50. The summed E-state index contributed by atoms with van der Waals surface area (Å²) in [6.07, 6.45) is 2.72. The predicted molar refractivity (Wildman–Crippen MR) is 72.2 cm³/mol. The Morgan fingerprint density at radius 1 is 1.25 bits per heavy atom. The molecule has 20 heavy (non-hydrogen) atoms. The summed E-state index contributed by atoms with van der Waals surface area (Å²) in [5, 5.41) is 12.5. The number of esters is 1. The summed E-state index contributed by atoms with van der Waals surface area (Å²) in [4.78, 5) is 11.5. The molecular formula is C15H18FNO3. The van der Waals surface area contributed by atoms with Crippen molar-refractivity contribution in [3.05, 3.63) is 35.6 Å². The van der Waals surface area contributed by atoms with E-state index in [4.69, 9.17) is 4.74 Å². The van der Waals surface area contributed by atoms with Crippen molar-refractivity contribution < 1.29 is 19.1 Å². The molecule has 1 saturated carbocycles. The second kappa shape index (κ2) is 6.50. The normalized spacial score (nSPS) is 23.4. The molecule has 1 N–H and O–H groups in total. The number of oxime groups is 1. The van der Waals surface area contributed by atoms with E-state index in [2.05, 4.69) is 5.16 Å². The summed E-state index contributed by atoms with van der Waals surface area (Å²) in [6, 6.07) is 6.27. The van der Waals surface area contributed by atoms with Crippen LogP contribution >= 0.6 is 0 Å². The molecule has 0 amide bonds. The first-order valence-electron chi connectivity index (χ1n) is 6.72. The maximum absolute atomic E-state index is 13.8. The minimum Gasteiger partial charge on any atom is -0.469 e. The molecule has 0 aliphatic heterocycles. The van der Waals surface area contributed by atoms with Gasteiger partial charge in [-0.05, 0) is 31.7 Å². The fourth-order valence-corrected chi connectivity index (χ4v) is 2.79. The monoisotopic (exact) mass is 279 g/mol. The van der Waals surface area contributed by atoms with E-state index in [0.29, 0.717) is 37.0 Å². The van der Waals surface area contributed by atoms with Crippen LogP contribution in [-0.2, 0) is 9.53 Å². The lowest BCUT2D eigenvalue weighted by atomic mass is 9.78. The van der Waals surface area contributed by atoms with E-state index in [1.54, 1.807) is 18.2 Å². The Morgan fingerprint density at radius 3 is 2.40 bits per heavy atom. The van der Waals surface area contributed by atoms with E-state index in [-0.39, 0.29) is 17.8 Å². The number of ether oxygens (including phenoxy) is 1. The lowest BCUT2D eigenvalue weighted by Crippen LogP contribution is -2.27. The SMILES string of the molecule is COC(=O)C1CCC(/C(=N\O)c2ccccc2F)CC1. The van der Waals surface area contributed by atoms with Crippen molar-refractivity contribution in [2.24, 2.45) is 17.0 Å². The van der Waals surface area contributed by atoms with Crippen LogP contribution in [-0.4, -0.2) is 24.0 Å². The maximum atomic E-state index is 13.8. The van der Waals surface area contributed by atoms with E-state index in [1.165, 1.54) is 13.2 Å². The molecule has 1 aromatic carbocycles. The number of carbonyl (C=O) groups excluding carboxylic acids is 1. The third-order valence-corrected chi connectivity index (χ3v) is 3.91. The van der Waals surface area contributed by atoms with Crippen LogP contribution in [0, 0.1) is 17.7 Å². The van der Waals surface area contributed by atoms with Crippen LogP contribution in [0.4, 0.5) is 4.39 Å². The first-order chi connectivity index (χ1) is 9.67. The molecule has 1 fully saturated rings. The summed E-state index contributed by atoms with van der Waals surface area (Å²) in [5.41, 5.74) is 0.697. The van der Waals surface area contributed by atoms with Gasteiger partial charge in [0, 0.05) is 11.5 Å². The molecule has 0 unspecified atom stereocenters. The van der Waals surface area contributed by atoms with Gasteiger partial charge < -0.3 is 9.94 Å². The second-order valence-electron chi connectivity index (χ2n) is 5.04. The summed E-state index contributed by atoms with van der Waals surface area (Å²) in [7, 11) is 1.38. The first-order valence-corrected chi connectivity index (χ1v) is 6.72. The van der Waals surface area contributed by atoms with Gasteiger partial charge in [-0.1, -0.05) is 23.4 Å². The number of methoxy groups -OCH3 is 1. The van der Waals surface area contributed by atoms with Gasteiger partial charge in [0.1, 0.15) is 5.82 Å². The van der Waals surface area contributed by atoms with Gasteiger partial charge in [0.2, 0.25) is 0 Å². The molecule has 1 aliphatic rings. The minimum absolute atomic E-state index is 0.0298. The molecule has 2 rings (SSSR count). The van der Waals surface area contributed by atoms with Crippen LogP contribution in [0.25, 0.3) is 0 Å². The molecule has 0 aromatic heterocycles.